The molecule has 2 aromatic rings. The van der Waals surface area contributed by atoms with E-state index >= 15 is 0 Å². The van der Waals surface area contributed by atoms with Gasteiger partial charge in [0.05, 0.1) is 11.7 Å². The summed E-state index contributed by atoms with van der Waals surface area (Å²) in [5.74, 6) is 0.397. The Balaban J connectivity index is 1.60. The van der Waals surface area contributed by atoms with E-state index in [4.69, 9.17) is 16.3 Å². The van der Waals surface area contributed by atoms with E-state index in [1.807, 2.05) is 49.4 Å². The molecule has 1 aliphatic rings. The van der Waals surface area contributed by atoms with Gasteiger partial charge in [-0.3, -0.25) is 9.59 Å². The molecule has 0 radical (unpaired) electrons. The van der Waals surface area contributed by atoms with Crippen molar-refractivity contribution in [1.29, 1.82) is 0 Å². The van der Waals surface area contributed by atoms with E-state index in [-0.39, 0.29) is 30.9 Å². The van der Waals surface area contributed by atoms with Gasteiger partial charge < -0.3 is 15.0 Å². The number of nitrogens with zero attached hydrogens (tertiary/aromatic N) is 1. The second kappa shape index (κ2) is 7.57. The molecule has 130 valence electrons. The smallest absolute Gasteiger partial charge is 0.265 e. The van der Waals surface area contributed by atoms with Gasteiger partial charge in [-0.2, -0.15) is 0 Å². The fraction of sp³-hybridized carbons (Fsp3) is 0.263. The zero-order chi connectivity index (χ0) is 17.8. The average molecular weight is 359 g/mol. The number of anilines is 1. The van der Waals surface area contributed by atoms with Gasteiger partial charge in [0.15, 0.2) is 6.61 Å². The summed E-state index contributed by atoms with van der Waals surface area (Å²) < 4.78 is 5.40. The summed E-state index contributed by atoms with van der Waals surface area (Å²) in [5.41, 5.74) is 1.64. The van der Waals surface area contributed by atoms with Crippen LogP contribution in [-0.4, -0.2) is 25.0 Å². The van der Waals surface area contributed by atoms with Gasteiger partial charge in [-0.1, -0.05) is 35.9 Å². The van der Waals surface area contributed by atoms with E-state index in [0.717, 1.165) is 5.56 Å². The standard InChI is InChI=1S/C19H19ClN2O3/c1-13(14-5-4-6-15(20)11-14)21-18(23)9-10-22-16-7-2-3-8-17(16)25-12-19(22)24/h2-8,11,13H,9-10,12H2,1H3,(H,21,23)/t13-/m0/s1. The van der Waals surface area contributed by atoms with Crippen molar-refractivity contribution in [3.63, 3.8) is 0 Å². The summed E-state index contributed by atoms with van der Waals surface area (Å²) in [4.78, 5) is 26.0. The maximum atomic E-state index is 12.3. The summed E-state index contributed by atoms with van der Waals surface area (Å²) in [6.07, 6.45) is 0.213. The molecule has 1 heterocycles. The molecule has 0 saturated carbocycles. The molecule has 2 aromatic carbocycles. The lowest BCUT2D eigenvalue weighted by Crippen LogP contribution is -2.41. The van der Waals surface area contributed by atoms with Crippen LogP contribution in [0.25, 0.3) is 0 Å². The molecule has 1 atom stereocenters. The van der Waals surface area contributed by atoms with Crippen LogP contribution in [0.5, 0.6) is 5.75 Å². The van der Waals surface area contributed by atoms with Crippen LogP contribution in [0.1, 0.15) is 24.9 Å². The van der Waals surface area contributed by atoms with Crippen LogP contribution in [0.2, 0.25) is 5.02 Å². The van der Waals surface area contributed by atoms with Crippen LogP contribution in [-0.2, 0) is 9.59 Å². The second-order valence-corrected chi connectivity index (χ2v) is 6.33. The average Bonchev–Trinajstić information content (AvgIpc) is 2.61. The highest BCUT2D eigenvalue weighted by atomic mass is 35.5. The molecule has 1 aliphatic heterocycles. The van der Waals surface area contributed by atoms with Crippen molar-refractivity contribution in [1.82, 2.24) is 5.32 Å². The number of hydrogen-bond donors (Lipinski definition) is 1. The number of nitrogens with one attached hydrogen (secondary N) is 1. The Kier molecular flexibility index (Phi) is 5.24. The van der Waals surface area contributed by atoms with E-state index in [2.05, 4.69) is 5.32 Å². The third kappa shape index (κ3) is 4.12. The molecule has 2 amide bonds. The van der Waals surface area contributed by atoms with E-state index < -0.39 is 0 Å². The molecule has 0 saturated heterocycles. The molecule has 5 nitrogen and oxygen atoms in total. The summed E-state index contributed by atoms with van der Waals surface area (Å²) >= 11 is 5.98. The van der Waals surface area contributed by atoms with Crippen LogP contribution in [0.15, 0.2) is 48.5 Å². The molecule has 0 unspecified atom stereocenters. The first-order valence-corrected chi connectivity index (χ1v) is 8.49. The van der Waals surface area contributed by atoms with Gasteiger partial charge in [0.2, 0.25) is 5.91 Å². The van der Waals surface area contributed by atoms with Crippen LogP contribution >= 0.6 is 11.6 Å². The number of ether oxygens (including phenoxy) is 1. The van der Waals surface area contributed by atoms with Crippen LogP contribution in [0, 0.1) is 0 Å². The van der Waals surface area contributed by atoms with Gasteiger partial charge in [0.25, 0.3) is 5.91 Å². The molecular weight excluding hydrogens is 340 g/mol. The Labute approximate surface area is 151 Å². The zero-order valence-electron chi connectivity index (χ0n) is 13.9. The molecule has 0 fully saturated rings. The number of halogens is 1. The number of rotatable bonds is 5. The van der Waals surface area contributed by atoms with Crippen molar-refractivity contribution in [2.75, 3.05) is 18.1 Å². The first kappa shape index (κ1) is 17.3. The van der Waals surface area contributed by atoms with E-state index in [9.17, 15) is 9.59 Å². The van der Waals surface area contributed by atoms with Gasteiger partial charge >= 0.3 is 0 Å². The summed E-state index contributed by atoms with van der Waals surface area (Å²) in [7, 11) is 0. The van der Waals surface area contributed by atoms with Crippen molar-refractivity contribution in [2.45, 2.75) is 19.4 Å². The van der Waals surface area contributed by atoms with Gasteiger partial charge in [-0.05, 0) is 36.8 Å². The minimum absolute atomic E-state index is 0.00243. The van der Waals surface area contributed by atoms with E-state index in [0.29, 0.717) is 23.0 Å². The van der Waals surface area contributed by atoms with Crippen LogP contribution in [0.3, 0.4) is 0 Å². The lowest BCUT2D eigenvalue weighted by atomic mass is 10.1. The molecule has 0 spiro atoms. The highest BCUT2D eigenvalue weighted by molar-refractivity contribution is 6.30. The highest BCUT2D eigenvalue weighted by Crippen LogP contribution is 2.31. The molecule has 3 rings (SSSR count). The molecule has 0 aromatic heterocycles. The first-order valence-electron chi connectivity index (χ1n) is 8.11. The van der Waals surface area contributed by atoms with Crippen molar-refractivity contribution >= 4 is 29.1 Å². The Morgan fingerprint density at radius 2 is 2.08 bits per heavy atom. The van der Waals surface area contributed by atoms with Crippen molar-refractivity contribution < 1.29 is 14.3 Å². The Bertz CT molecular complexity index is 794. The van der Waals surface area contributed by atoms with Gasteiger partial charge in [0.1, 0.15) is 5.75 Å². The number of amides is 2. The topological polar surface area (TPSA) is 58.6 Å². The number of para-hydroxylation sites is 2. The molecular formula is C19H19ClN2O3. The Hall–Kier alpha value is -2.53. The summed E-state index contributed by atoms with van der Waals surface area (Å²) in [6, 6.07) is 14.6. The third-order valence-corrected chi connectivity index (χ3v) is 4.33. The largest absolute Gasteiger partial charge is 0.482 e. The number of carbonyl (C=O) groups excluding carboxylic acids is 2. The summed E-state index contributed by atoms with van der Waals surface area (Å²) in [5, 5.41) is 3.57. The zero-order valence-corrected chi connectivity index (χ0v) is 14.6. The fourth-order valence-corrected chi connectivity index (χ4v) is 2.98. The van der Waals surface area contributed by atoms with Gasteiger partial charge in [-0.15, -0.1) is 0 Å². The Morgan fingerprint density at radius 3 is 2.88 bits per heavy atom. The van der Waals surface area contributed by atoms with Crippen molar-refractivity contribution in [3.05, 3.63) is 59.1 Å². The van der Waals surface area contributed by atoms with Crippen molar-refractivity contribution in [3.8, 4) is 5.75 Å². The maximum absolute atomic E-state index is 12.3. The predicted octanol–water partition coefficient (Wildman–Crippen LogP) is 3.33. The molecule has 0 bridgehead atoms. The van der Waals surface area contributed by atoms with E-state index in [1.165, 1.54) is 0 Å². The van der Waals surface area contributed by atoms with E-state index in [1.54, 1.807) is 11.0 Å². The van der Waals surface area contributed by atoms with Gasteiger partial charge in [0, 0.05) is 18.0 Å². The minimum Gasteiger partial charge on any atom is -0.482 e. The quantitative estimate of drug-likeness (QED) is 0.891. The van der Waals surface area contributed by atoms with Crippen LogP contribution in [0.4, 0.5) is 5.69 Å². The lowest BCUT2D eigenvalue weighted by Gasteiger charge is -2.29. The predicted molar refractivity (Wildman–Crippen MR) is 96.9 cm³/mol. The number of carbonyl (C=O) groups is 2. The van der Waals surface area contributed by atoms with Crippen molar-refractivity contribution in [2.24, 2.45) is 0 Å². The minimum atomic E-state index is -0.154. The molecule has 25 heavy (non-hydrogen) atoms. The summed E-state index contributed by atoms with van der Waals surface area (Å²) in [6.45, 7) is 2.21. The number of fused-ring (bicyclic) bond motifs is 1. The SMILES string of the molecule is C[C@H](NC(=O)CCN1C(=O)COc2ccccc21)c1cccc(Cl)c1. The number of hydrogen-bond acceptors (Lipinski definition) is 3. The maximum Gasteiger partial charge on any atom is 0.265 e. The monoisotopic (exact) mass is 358 g/mol. The highest BCUT2D eigenvalue weighted by Gasteiger charge is 2.25. The first-order chi connectivity index (χ1) is 12.0. The Morgan fingerprint density at radius 1 is 1.28 bits per heavy atom. The molecule has 1 N–H and O–H groups in total. The third-order valence-electron chi connectivity index (χ3n) is 4.10. The van der Waals surface area contributed by atoms with Gasteiger partial charge in [-0.25, -0.2) is 0 Å². The molecule has 0 aliphatic carbocycles. The lowest BCUT2D eigenvalue weighted by molar-refractivity contribution is -0.122. The van der Waals surface area contributed by atoms with Crippen LogP contribution < -0.4 is 15.0 Å². The molecule has 6 heteroatoms. The second-order valence-electron chi connectivity index (χ2n) is 5.90. The number of benzene rings is 2. The fourth-order valence-electron chi connectivity index (χ4n) is 2.79. The normalized spacial score (nSPS) is 14.5.